The third kappa shape index (κ3) is 4.64. The summed E-state index contributed by atoms with van der Waals surface area (Å²) < 4.78 is 0. The predicted octanol–water partition coefficient (Wildman–Crippen LogP) is 2.97. The van der Waals surface area contributed by atoms with Crippen LogP contribution >= 0.6 is 0 Å². The quantitative estimate of drug-likeness (QED) is 0.432. The van der Waals surface area contributed by atoms with E-state index in [0.29, 0.717) is 36.5 Å². The Labute approximate surface area is 119 Å². The number of nitro groups is 1. The molecule has 0 spiro atoms. The molecule has 0 saturated heterocycles. The van der Waals surface area contributed by atoms with E-state index in [9.17, 15) is 10.1 Å². The first-order valence-electron chi connectivity index (χ1n) is 6.96. The van der Waals surface area contributed by atoms with E-state index in [-0.39, 0.29) is 5.69 Å². The molecule has 0 radical (unpaired) electrons. The van der Waals surface area contributed by atoms with Gasteiger partial charge in [-0.25, -0.2) is 4.98 Å². The minimum absolute atomic E-state index is 0.0452. The van der Waals surface area contributed by atoms with Crippen molar-refractivity contribution in [3.63, 3.8) is 0 Å². The monoisotopic (exact) mass is 281 g/mol. The number of hydrogen-bond donors (Lipinski definition) is 2. The second-order valence-electron chi connectivity index (χ2n) is 5.08. The van der Waals surface area contributed by atoms with Crippen molar-refractivity contribution in [3.8, 4) is 0 Å². The van der Waals surface area contributed by atoms with Gasteiger partial charge in [0.1, 0.15) is 5.69 Å². The van der Waals surface area contributed by atoms with E-state index >= 15 is 0 Å². The lowest BCUT2D eigenvalue weighted by molar-refractivity contribution is -0.385. The van der Waals surface area contributed by atoms with Crippen LogP contribution in [0.3, 0.4) is 0 Å². The number of aryl methyl sites for hydroxylation is 1. The molecule has 0 aliphatic rings. The molecule has 1 heterocycles. The van der Waals surface area contributed by atoms with Gasteiger partial charge in [0.25, 0.3) is 0 Å². The average Bonchev–Trinajstić information content (AvgIpc) is 2.33. The van der Waals surface area contributed by atoms with Crippen molar-refractivity contribution in [1.29, 1.82) is 0 Å². The van der Waals surface area contributed by atoms with Crippen LogP contribution in [0.4, 0.5) is 17.5 Å². The molecule has 0 bridgehead atoms. The van der Waals surface area contributed by atoms with E-state index in [2.05, 4.69) is 34.4 Å². The van der Waals surface area contributed by atoms with E-state index in [4.69, 9.17) is 0 Å². The van der Waals surface area contributed by atoms with E-state index in [1.165, 1.54) is 0 Å². The van der Waals surface area contributed by atoms with Crippen LogP contribution in [0.1, 0.15) is 39.3 Å². The lowest BCUT2D eigenvalue weighted by Crippen LogP contribution is -2.12. The Morgan fingerprint density at radius 3 is 2.55 bits per heavy atom. The number of rotatable bonds is 8. The van der Waals surface area contributed by atoms with E-state index in [0.717, 1.165) is 12.8 Å². The van der Waals surface area contributed by atoms with Crippen LogP contribution < -0.4 is 10.6 Å². The van der Waals surface area contributed by atoms with E-state index in [1.54, 1.807) is 6.92 Å². The van der Waals surface area contributed by atoms with Crippen molar-refractivity contribution in [2.24, 2.45) is 5.92 Å². The number of hydrogen-bond acceptors (Lipinski definition) is 6. The molecule has 0 aliphatic carbocycles. The zero-order valence-electron chi connectivity index (χ0n) is 12.6. The van der Waals surface area contributed by atoms with Gasteiger partial charge in [-0.2, -0.15) is 4.98 Å². The zero-order chi connectivity index (χ0) is 15.1. The molecule has 0 amide bonds. The summed E-state index contributed by atoms with van der Waals surface area (Å²) in [4.78, 5) is 19.0. The topological polar surface area (TPSA) is 93.0 Å². The Morgan fingerprint density at radius 2 is 2.00 bits per heavy atom. The standard InChI is InChI=1S/C13H23N5O2/c1-5-14-13-16-10(4)11(18(19)20)12(17-13)15-8-6-7-9(2)3/h9H,5-8H2,1-4H3,(H2,14,15,16,17). The second kappa shape index (κ2) is 7.62. The summed E-state index contributed by atoms with van der Waals surface area (Å²) in [5.74, 6) is 1.33. The lowest BCUT2D eigenvalue weighted by Gasteiger charge is -2.10. The fraction of sp³-hybridized carbons (Fsp3) is 0.692. The maximum Gasteiger partial charge on any atom is 0.332 e. The Morgan fingerprint density at radius 1 is 1.30 bits per heavy atom. The van der Waals surface area contributed by atoms with Crippen molar-refractivity contribution in [1.82, 2.24) is 9.97 Å². The largest absolute Gasteiger partial charge is 0.364 e. The molecular weight excluding hydrogens is 258 g/mol. The van der Waals surface area contributed by atoms with Crippen LogP contribution in [-0.4, -0.2) is 28.0 Å². The van der Waals surface area contributed by atoms with Crippen LogP contribution in [-0.2, 0) is 0 Å². The summed E-state index contributed by atoms with van der Waals surface area (Å²) in [5, 5.41) is 17.2. The summed E-state index contributed by atoms with van der Waals surface area (Å²) in [6.45, 7) is 9.20. The van der Waals surface area contributed by atoms with Gasteiger partial charge in [0, 0.05) is 13.1 Å². The molecule has 2 N–H and O–H groups in total. The summed E-state index contributed by atoms with van der Waals surface area (Å²) in [6, 6.07) is 0. The molecule has 112 valence electrons. The maximum absolute atomic E-state index is 11.1. The van der Waals surface area contributed by atoms with Gasteiger partial charge in [-0.3, -0.25) is 10.1 Å². The maximum atomic E-state index is 11.1. The van der Waals surface area contributed by atoms with Crippen molar-refractivity contribution >= 4 is 17.5 Å². The minimum Gasteiger partial charge on any atom is -0.364 e. The average molecular weight is 281 g/mol. The van der Waals surface area contributed by atoms with Crippen molar-refractivity contribution in [3.05, 3.63) is 15.8 Å². The first-order chi connectivity index (χ1) is 9.45. The molecule has 1 rings (SSSR count). The van der Waals surface area contributed by atoms with E-state index in [1.807, 2.05) is 6.92 Å². The lowest BCUT2D eigenvalue weighted by atomic mass is 10.1. The van der Waals surface area contributed by atoms with Gasteiger partial charge in [-0.1, -0.05) is 13.8 Å². The van der Waals surface area contributed by atoms with Crippen molar-refractivity contribution in [2.45, 2.75) is 40.5 Å². The molecule has 1 aromatic rings. The molecule has 7 nitrogen and oxygen atoms in total. The van der Waals surface area contributed by atoms with Gasteiger partial charge < -0.3 is 10.6 Å². The van der Waals surface area contributed by atoms with Crippen LogP contribution in [0.2, 0.25) is 0 Å². The highest BCUT2D eigenvalue weighted by molar-refractivity contribution is 5.60. The fourth-order valence-corrected chi connectivity index (χ4v) is 1.86. The summed E-state index contributed by atoms with van der Waals surface area (Å²) in [6.07, 6.45) is 2.03. The Bertz CT molecular complexity index is 462. The Hall–Kier alpha value is -1.92. The predicted molar refractivity (Wildman–Crippen MR) is 80.1 cm³/mol. The van der Waals surface area contributed by atoms with Crippen LogP contribution in [0.25, 0.3) is 0 Å². The van der Waals surface area contributed by atoms with Gasteiger partial charge in [0.15, 0.2) is 0 Å². The first kappa shape index (κ1) is 16.1. The normalized spacial score (nSPS) is 10.7. The van der Waals surface area contributed by atoms with Gasteiger partial charge in [0.05, 0.1) is 4.92 Å². The molecule has 0 atom stereocenters. The molecule has 7 heteroatoms. The highest BCUT2D eigenvalue weighted by Crippen LogP contribution is 2.26. The van der Waals surface area contributed by atoms with Crippen molar-refractivity contribution in [2.75, 3.05) is 23.7 Å². The summed E-state index contributed by atoms with van der Waals surface area (Å²) in [7, 11) is 0. The zero-order valence-corrected chi connectivity index (χ0v) is 12.6. The van der Waals surface area contributed by atoms with Gasteiger partial charge in [-0.05, 0) is 32.6 Å². The highest BCUT2D eigenvalue weighted by Gasteiger charge is 2.21. The van der Waals surface area contributed by atoms with Crippen LogP contribution in [0, 0.1) is 23.0 Å². The number of aromatic nitrogens is 2. The fourth-order valence-electron chi connectivity index (χ4n) is 1.86. The Balaban J connectivity index is 2.86. The molecule has 0 fully saturated rings. The van der Waals surface area contributed by atoms with Crippen LogP contribution in [0.15, 0.2) is 0 Å². The number of nitrogens with zero attached hydrogens (tertiary/aromatic N) is 3. The molecule has 0 aromatic carbocycles. The molecule has 0 unspecified atom stereocenters. The molecular formula is C13H23N5O2. The second-order valence-corrected chi connectivity index (χ2v) is 5.08. The minimum atomic E-state index is -0.435. The third-order valence-corrected chi connectivity index (χ3v) is 2.83. The molecule has 0 aliphatic heterocycles. The van der Waals surface area contributed by atoms with E-state index < -0.39 is 4.92 Å². The number of nitrogens with one attached hydrogen (secondary N) is 2. The highest BCUT2D eigenvalue weighted by atomic mass is 16.6. The SMILES string of the molecule is CCNc1nc(C)c([N+](=O)[O-])c(NCCCC(C)C)n1. The number of anilines is 2. The Kier molecular flexibility index (Phi) is 6.14. The summed E-state index contributed by atoms with van der Waals surface area (Å²) in [5.41, 5.74) is 0.323. The smallest absolute Gasteiger partial charge is 0.332 e. The van der Waals surface area contributed by atoms with Crippen molar-refractivity contribution < 1.29 is 4.92 Å². The molecule has 1 aromatic heterocycles. The third-order valence-electron chi connectivity index (χ3n) is 2.83. The molecule has 0 saturated carbocycles. The van der Waals surface area contributed by atoms with Gasteiger partial charge >= 0.3 is 5.69 Å². The first-order valence-corrected chi connectivity index (χ1v) is 6.96. The molecule has 20 heavy (non-hydrogen) atoms. The van der Waals surface area contributed by atoms with Gasteiger partial charge in [0.2, 0.25) is 11.8 Å². The van der Waals surface area contributed by atoms with Crippen LogP contribution in [0.5, 0.6) is 0 Å². The van der Waals surface area contributed by atoms with Gasteiger partial charge in [-0.15, -0.1) is 0 Å². The summed E-state index contributed by atoms with van der Waals surface area (Å²) >= 11 is 0.